The standard InChI is InChI=1S/C11H20N2O3S/c14-11(8-13-5-2-1-3-6-13)12-10-4-7-17(15,16)9-10/h10H,1-9H2,(H,12,14)/t10-/m1/s1. The Balaban J connectivity index is 1.74. The summed E-state index contributed by atoms with van der Waals surface area (Å²) < 4.78 is 22.5. The van der Waals surface area contributed by atoms with Crippen LogP contribution in [0.3, 0.4) is 0 Å². The minimum Gasteiger partial charge on any atom is -0.351 e. The smallest absolute Gasteiger partial charge is 0.234 e. The fourth-order valence-corrected chi connectivity index (χ4v) is 4.18. The molecule has 1 amide bonds. The summed E-state index contributed by atoms with van der Waals surface area (Å²) in [6.45, 7) is 2.38. The minimum absolute atomic E-state index is 0.0333. The molecule has 1 N–H and O–H groups in total. The average Bonchev–Trinajstić information content (AvgIpc) is 2.59. The molecule has 1 atom stereocenters. The molecule has 6 heteroatoms. The average molecular weight is 260 g/mol. The molecule has 0 radical (unpaired) electrons. The molecule has 0 spiro atoms. The molecule has 2 aliphatic heterocycles. The van der Waals surface area contributed by atoms with Gasteiger partial charge in [0, 0.05) is 6.04 Å². The van der Waals surface area contributed by atoms with Gasteiger partial charge in [0.1, 0.15) is 0 Å². The van der Waals surface area contributed by atoms with Gasteiger partial charge in [-0.25, -0.2) is 8.42 Å². The number of amides is 1. The molecule has 0 aliphatic carbocycles. The van der Waals surface area contributed by atoms with Crippen molar-refractivity contribution in [3.63, 3.8) is 0 Å². The monoisotopic (exact) mass is 260 g/mol. The molecular weight excluding hydrogens is 240 g/mol. The van der Waals surface area contributed by atoms with Gasteiger partial charge in [-0.1, -0.05) is 6.42 Å². The van der Waals surface area contributed by atoms with E-state index in [1.165, 1.54) is 6.42 Å². The van der Waals surface area contributed by atoms with E-state index in [1.807, 2.05) is 0 Å². The largest absolute Gasteiger partial charge is 0.351 e. The van der Waals surface area contributed by atoms with Crippen LogP contribution in [0.1, 0.15) is 25.7 Å². The van der Waals surface area contributed by atoms with Crippen molar-refractivity contribution < 1.29 is 13.2 Å². The molecule has 2 heterocycles. The highest BCUT2D eigenvalue weighted by Crippen LogP contribution is 2.12. The number of sulfone groups is 1. The number of rotatable bonds is 3. The van der Waals surface area contributed by atoms with Crippen molar-refractivity contribution in [2.75, 3.05) is 31.1 Å². The van der Waals surface area contributed by atoms with Crippen molar-refractivity contribution in [2.45, 2.75) is 31.7 Å². The first-order valence-corrected chi connectivity index (χ1v) is 8.09. The molecule has 98 valence electrons. The van der Waals surface area contributed by atoms with Crippen LogP contribution in [0.5, 0.6) is 0 Å². The molecular formula is C11H20N2O3S. The SMILES string of the molecule is O=C(CN1CCCCC1)N[C@@H]1CCS(=O)(=O)C1. The lowest BCUT2D eigenvalue weighted by Gasteiger charge is -2.26. The summed E-state index contributed by atoms with van der Waals surface area (Å²) in [4.78, 5) is 13.9. The van der Waals surface area contributed by atoms with Crippen molar-refractivity contribution in [2.24, 2.45) is 0 Å². The first-order valence-electron chi connectivity index (χ1n) is 6.27. The van der Waals surface area contributed by atoms with Crippen molar-refractivity contribution >= 4 is 15.7 Å². The van der Waals surface area contributed by atoms with Gasteiger partial charge in [0.15, 0.2) is 9.84 Å². The third-order valence-electron chi connectivity index (χ3n) is 3.41. The summed E-state index contributed by atoms with van der Waals surface area (Å²) in [5.41, 5.74) is 0. The highest BCUT2D eigenvalue weighted by Gasteiger charge is 2.29. The molecule has 2 saturated heterocycles. The van der Waals surface area contributed by atoms with Gasteiger partial charge >= 0.3 is 0 Å². The van der Waals surface area contributed by atoms with Gasteiger partial charge in [-0.2, -0.15) is 0 Å². The summed E-state index contributed by atoms with van der Waals surface area (Å²) >= 11 is 0. The van der Waals surface area contributed by atoms with Crippen molar-refractivity contribution in [1.29, 1.82) is 0 Å². The van der Waals surface area contributed by atoms with Gasteiger partial charge in [0.2, 0.25) is 5.91 Å². The zero-order valence-electron chi connectivity index (χ0n) is 10.0. The molecule has 0 aromatic carbocycles. The van der Waals surface area contributed by atoms with Crippen LogP contribution in [0.4, 0.5) is 0 Å². The van der Waals surface area contributed by atoms with E-state index in [0.29, 0.717) is 13.0 Å². The molecule has 0 aromatic heterocycles. The van der Waals surface area contributed by atoms with E-state index in [4.69, 9.17) is 0 Å². The van der Waals surface area contributed by atoms with Gasteiger partial charge in [0.05, 0.1) is 18.1 Å². The number of carbonyl (C=O) groups excluding carboxylic acids is 1. The number of piperidine rings is 1. The Morgan fingerprint density at radius 3 is 2.53 bits per heavy atom. The summed E-state index contributed by atoms with van der Waals surface area (Å²) in [6, 6.07) is -0.169. The quantitative estimate of drug-likeness (QED) is 0.761. The Morgan fingerprint density at radius 1 is 1.24 bits per heavy atom. The van der Waals surface area contributed by atoms with Crippen molar-refractivity contribution in [1.82, 2.24) is 10.2 Å². The zero-order valence-corrected chi connectivity index (χ0v) is 10.8. The number of nitrogens with zero attached hydrogens (tertiary/aromatic N) is 1. The van der Waals surface area contributed by atoms with E-state index in [0.717, 1.165) is 25.9 Å². The van der Waals surface area contributed by atoms with Crippen LogP contribution in [0.15, 0.2) is 0 Å². The van der Waals surface area contributed by atoms with E-state index in [-0.39, 0.29) is 23.5 Å². The Morgan fingerprint density at radius 2 is 1.94 bits per heavy atom. The van der Waals surface area contributed by atoms with Crippen LogP contribution < -0.4 is 5.32 Å². The Labute approximate surface area is 102 Å². The second-order valence-electron chi connectivity index (χ2n) is 5.00. The summed E-state index contributed by atoms with van der Waals surface area (Å²) in [5.74, 6) is 0.287. The Bertz CT molecular complexity index is 374. The Hall–Kier alpha value is -0.620. The topological polar surface area (TPSA) is 66.5 Å². The van der Waals surface area contributed by atoms with Gasteiger partial charge in [-0.15, -0.1) is 0 Å². The predicted octanol–water partition coefficient (Wildman–Crippen LogP) is -0.224. The molecule has 0 unspecified atom stereocenters. The number of hydrogen-bond donors (Lipinski definition) is 1. The van der Waals surface area contributed by atoms with Crippen LogP contribution in [-0.4, -0.2) is 56.4 Å². The Kier molecular flexibility index (Phi) is 4.04. The number of nitrogens with one attached hydrogen (secondary N) is 1. The van der Waals surface area contributed by atoms with E-state index in [2.05, 4.69) is 10.2 Å². The van der Waals surface area contributed by atoms with Crippen LogP contribution in [-0.2, 0) is 14.6 Å². The van der Waals surface area contributed by atoms with Crippen LogP contribution in [0.2, 0.25) is 0 Å². The fraction of sp³-hybridized carbons (Fsp3) is 0.909. The normalized spacial score (nSPS) is 29.1. The first-order chi connectivity index (χ1) is 8.05. The van der Waals surface area contributed by atoms with E-state index < -0.39 is 9.84 Å². The lowest BCUT2D eigenvalue weighted by molar-refractivity contribution is -0.123. The van der Waals surface area contributed by atoms with Crippen LogP contribution in [0.25, 0.3) is 0 Å². The van der Waals surface area contributed by atoms with Crippen molar-refractivity contribution in [3.8, 4) is 0 Å². The first kappa shape index (κ1) is 12.8. The molecule has 2 fully saturated rings. The number of likely N-dealkylation sites (tertiary alicyclic amines) is 1. The predicted molar refractivity (Wildman–Crippen MR) is 65.5 cm³/mol. The zero-order chi connectivity index (χ0) is 12.3. The third kappa shape index (κ3) is 3.96. The number of hydrogen-bond acceptors (Lipinski definition) is 4. The van der Waals surface area contributed by atoms with Crippen LogP contribution in [0, 0.1) is 0 Å². The molecule has 17 heavy (non-hydrogen) atoms. The molecule has 2 rings (SSSR count). The van der Waals surface area contributed by atoms with E-state index in [1.54, 1.807) is 0 Å². The highest BCUT2D eigenvalue weighted by molar-refractivity contribution is 7.91. The molecule has 2 aliphatic rings. The maximum Gasteiger partial charge on any atom is 0.234 e. The lowest BCUT2D eigenvalue weighted by Crippen LogP contribution is -2.44. The van der Waals surface area contributed by atoms with Crippen LogP contribution >= 0.6 is 0 Å². The second kappa shape index (κ2) is 5.35. The summed E-state index contributed by atoms with van der Waals surface area (Å²) in [7, 11) is -2.90. The van der Waals surface area contributed by atoms with Gasteiger partial charge < -0.3 is 5.32 Å². The maximum absolute atomic E-state index is 11.7. The fourth-order valence-electron chi connectivity index (χ4n) is 2.50. The maximum atomic E-state index is 11.7. The van der Waals surface area contributed by atoms with E-state index >= 15 is 0 Å². The molecule has 0 saturated carbocycles. The number of carbonyl (C=O) groups is 1. The minimum atomic E-state index is -2.90. The van der Waals surface area contributed by atoms with Crippen molar-refractivity contribution in [3.05, 3.63) is 0 Å². The molecule has 0 bridgehead atoms. The van der Waals surface area contributed by atoms with Gasteiger partial charge in [-0.3, -0.25) is 9.69 Å². The molecule has 0 aromatic rings. The van der Waals surface area contributed by atoms with E-state index in [9.17, 15) is 13.2 Å². The van der Waals surface area contributed by atoms with Gasteiger partial charge in [0.25, 0.3) is 0 Å². The highest BCUT2D eigenvalue weighted by atomic mass is 32.2. The summed E-state index contributed by atoms with van der Waals surface area (Å²) in [6.07, 6.45) is 4.13. The summed E-state index contributed by atoms with van der Waals surface area (Å²) in [5, 5.41) is 2.82. The lowest BCUT2D eigenvalue weighted by atomic mass is 10.1. The third-order valence-corrected chi connectivity index (χ3v) is 5.18. The van der Waals surface area contributed by atoms with Gasteiger partial charge in [-0.05, 0) is 32.4 Å². The second-order valence-corrected chi connectivity index (χ2v) is 7.23. The molecule has 5 nitrogen and oxygen atoms in total.